The molecule has 0 aromatic carbocycles. The van der Waals surface area contributed by atoms with Crippen molar-refractivity contribution in [1.82, 2.24) is 0 Å². The summed E-state index contributed by atoms with van der Waals surface area (Å²) in [5.41, 5.74) is -0.139. The molecule has 0 radical (unpaired) electrons. The molecule has 0 spiro atoms. The molecule has 0 aromatic heterocycles. The maximum absolute atomic E-state index is 10.4. The van der Waals surface area contributed by atoms with E-state index in [-0.39, 0.29) is 5.92 Å². The van der Waals surface area contributed by atoms with Crippen LogP contribution in [-0.2, 0) is 9.59 Å². The van der Waals surface area contributed by atoms with Gasteiger partial charge < -0.3 is 10.2 Å². The predicted molar refractivity (Wildman–Crippen MR) is 42.8 cm³/mol. The Morgan fingerprint density at radius 3 is 1.50 bits per heavy atom. The third-order valence-electron chi connectivity index (χ3n) is 1.69. The summed E-state index contributed by atoms with van der Waals surface area (Å²) in [5, 5.41) is 17.0. The van der Waals surface area contributed by atoms with Crippen molar-refractivity contribution in [2.45, 2.75) is 20.8 Å². The second-order valence-electron chi connectivity index (χ2n) is 2.82. The monoisotopic (exact) mass is 172 g/mol. The molecule has 0 fully saturated rings. The molecule has 0 amide bonds. The van der Waals surface area contributed by atoms with Gasteiger partial charge in [-0.15, -0.1) is 0 Å². The Balaban J connectivity index is 5.08. The minimum atomic E-state index is -1.38. The third-order valence-corrected chi connectivity index (χ3v) is 1.69. The Morgan fingerprint density at radius 2 is 1.42 bits per heavy atom. The van der Waals surface area contributed by atoms with Crippen molar-refractivity contribution in [1.29, 1.82) is 0 Å². The molecule has 4 heteroatoms. The predicted octanol–water partition coefficient (Wildman–Crippen LogP) is 1.13. The van der Waals surface area contributed by atoms with E-state index in [1.165, 1.54) is 6.92 Å². The lowest BCUT2D eigenvalue weighted by molar-refractivity contribution is -0.140. The van der Waals surface area contributed by atoms with E-state index < -0.39 is 17.5 Å². The molecule has 0 saturated carbocycles. The summed E-state index contributed by atoms with van der Waals surface area (Å²) < 4.78 is 0. The molecule has 68 valence electrons. The van der Waals surface area contributed by atoms with Crippen molar-refractivity contribution in [3.05, 3.63) is 11.1 Å². The first kappa shape index (κ1) is 10.7. The summed E-state index contributed by atoms with van der Waals surface area (Å²) >= 11 is 0. The van der Waals surface area contributed by atoms with Crippen LogP contribution in [-0.4, -0.2) is 22.2 Å². The van der Waals surface area contributed by atoms with Crippen LogP contribution in [0.1, 0.15) is 20.8 Å². The smallest absolute Gasteiger partial charge is 0.343 e. The van der Waals surface area contributed by atoms with Gasteiger partial charge in [0, 0.05) is 0 Å². The lowest BCUT2D eigenvalue weighted by atomic mass is 9.99. The van der Waals surface area contributed by atoms with Crippen molar-refractivity contribution in [3.8, 4) is 0 Å². The van der Waals surface area contributed by atoms with Crippen LogP contribution in [0.2, 0.25) is 0 Å². The number of aliphatic carboxylic acids is 2. The number of hydrogen-bond donors (Lipinski definition) is 2. The van der Waals surface area contributed by atoms with Crippen molar-refractivity contribution >= 4 is 11.9 Å². The van der Waals surface area contributed by atoms with Gasteiger partial charge in [-0.1, -0.05) is 13.8 Å². The Hall–Kier alpha value is -1.32. The van der Waals surface area contributed by atoms with Crippen LogP contribution in [0.15, 0.2) is 11.1 Å². The van der Waals surface area contributed by atoms with Crippen molar-refractivity contribution < 1.29 is 19.8 Å². The fraction of sp³-hybridized carbons (Fsp3) is 0.500. The quantitative estimate of drug-likeness (QED) is 0.380. The van der Waals surface area contributed by atoms with Crippen LogP contribution < -0.4 is 0 Å². The van der Waals surface area contributed by atoms with E-state index >= 15 is 0 Å². The van der Waals surface area contributed by atoms with E-state index in [2.05, 4.69) is 0 Å². The molecule has 0 rings (SSSR count). The van der Waals surface area contributed by atoms with Crippen LogP contribution in [0.4, 0.5) is 0 Å². The van der Waals surface area contributed by atoms with Gasteiger partial charge in [-0.2, -0.15) is 0 Å². The van der Waals surface area contributed by atoms with Gasteiger partial charge >= 0.3 is 11.9 Å². The first-order valence-electron chi connectivity index (χ1n) is 3.55. The standard InChI is InChI=1S/C8H12O4/c1-4(2)5(3)6(7(9)10)8(11)12/h4H,1-3H3,(H,9,10)(H,11,12). The molecule has 12 heavy (non-hydrogen) atoms. The van der Waals surface area contributed by atoms with E-state index in [0.29, 0.717) is 5.57 Å². The van der Waals surface area contributed by atoms with E-state index in [9.17, 15) is 9.59 Å². The third kappa shape index (κ3) is 2.38. The first-order chi connectivity index (χ1) is 5.37. The molecule has 0 aliphatic heterocycles. The Labute approximate surface area is 70.5 Å². The summed E-state index contributed by atoms with van der Waals surface area (Å²) in [5.74, 6) is -2.82. The van der Waals surface area contributed by atoms with Crippen LogP contribution in [0.3, 0.4) is 0 Å². The average molecular weight is 172 g/mol. The molecule has 0 aliphatic rings. The van der Waals surface area contributed by atoms with Crippen molar-refractivity contribution in [2.24, 2.45) is 5.92 Å². The number of carbonyl (C=O) groups is 2. The van der Waals surface area contributed by atoms with Gasteiger partial charge in [0.05, 0.1) is 0 Å². The van der Waals surface area contributed by atoms with E-state index in [1.54, 1.807) is 13.8 Å². The van der Waals surface area contributed by atoms with E-state index in [1.807, 2.05) is 0 Å². The highest BCUT2D eigenvalue weighted by Crippen LogP contribution is 2.14. The van der Waals surface area contributed by atoms with Gasteiger partial charge in [0.15, 0.2) is 0 Å². The average Bonchev–Trinajstić information content (AvgIpc) is 1.85. The van der Waals surface area contributed by atoms with Gasteiger partial charge in [-0.05, 0) is 18.4 Å². The van der Waals surface area contributed by atoms with Gasteiger partial charge in [-0.3, -0.25) is 0 Å². The number of hydrogen-bond acceptors (Lipinski definition) is 2. The zero-order valence-electron chi connectivity index (χ0n) is 7.29. The molecule has 0 unspecified atom stereocenters. The number of allylic oxidation sites excluding steroid dienone is 1. The maximum Gasteiger partial charge on any atom is 0.343 e. The van der Waals surface area contributed by atoms with E-state index in [0.717, 1.165) is 0 Å². The fourth-order valence-corrected chi connectivity index (χ4v) is 0.717. The highest BCUT2D eigenvalue weighted by atomic mass is 16.4. The first-order valence-corrected chi connectivity index (χ1v) is 3.55. The summed E-state index contributed by atoms with van der Waals surface area (Å²) in [6, 6.07) is 0. The molecular formula is C8H12O4. The Morgan fingerprint density at radius 1 is 1.08 bits per heavy atom. The van der Waals surface area contributed by atoms with Gasteiger partial charge in [0.1, 0.15) is 5.57 Å². The zero-order chi connectivity index (χ0) is 9.89. The van der Waals surface area contributed by atoms with Crippen molar-refractivity contribution in [3.63, 3.8) is 0 Å². The van der Waals surface area contributed by atoms with E-state index in [4.69, 9.17) is 10.2 Å². The summed E-state index contributed by atoms with van der Waals surface area (Å²) in [6.07, 6.45) is 0. The molecule has 4 nitrogen and oxygen atoms in total. The molecule has 2 N–H and O–H groups in total. The van der Waals surface area contributed by atoms with Gasteiger partial charge in [0.25, 0.3) is 0 Å². The van der Waals surface area contributed by atoms with Crippen LogP contribution in [0.5, 0.6) is 0 Å². The van der Waals surface area contributed by atoms with Crippen LogP contribution in [0, 0.1) is 5.92 Å². The summed E-state index contributed by atoms with van der Waals surface area (Å²) in [4.78, 5) is 20.9. The highest BCUT2D eigenvalue weighted by molar-refractivity contribution is 6.13. The molecular weight excluding hydrogens is 160 g/mol. The second kappa shape index (κ2) is 3.90. The largest absolute Gasteiger partial charge is 0.477 e. The van der Waals surface area contributed by atoms with Gasteiger partial charge in [-0.25, -0.2) is 9.59 Å². The maximum atomic E-state index is 10.4. The highest BCUT2D eigenvalue weighted by Gasteiger charge is 2.20. The Kier molecular flexibility index (Phi) is 3.47. The zero-order valence-corrected chi connectivity index (χ0v) is 7.29. The summed E-state index contributed by atoms with van der Waals surface area (Å²) in [6.45, 7) is 5.02. The topological polar surface area (TPSA) is 74.6 Å². The number of rotatable bonds is 3. The van der Waals surface area contributed by atoms with Crippen LogP contribution >= 0.6 is 0 Å². The second-order valence-corrected chi connectivity index (χ2v) is 2.82. The molecule has 0 aliphatic carbocycles. The molecule has 0 aromatic rings. The molecule has 0 bridgehead atoms. The summed E-state index contributed by atoms with van der Waals surface area (Å²) in [7, 11) is 0. The Bertz CT molecular complexity index is 221. The normalized spacial score (nSPS) is 9.67. The fourth-order valence-electron chi connectivity index (χ4n) is 0.717. The lowest BCUT2D eigenvalue weighted by Gasteiger charge is -2.07. The lowest BCUT2D eigenvalue weighted by Crippen LogP contribution is -2.15. The van der Waals surface area contributed by atoms with Crippen molar-refractivity contribution in [2.75, 3.05) is 0 Å². The number of carboxylic acid groups (broad SMARTS) is 2. The number of carboxylic acids is 2. The van der Waals surface area contributed by atoms with Gasteiger partial charge in [0.2, 0.25) is 0 Å². The minimum absolute atomic E-state index is 0.0628. The molecule has 0 heterocycles. The molecule has 0 atom stereocenters. The molecule has 0 saturated heterocycles. The minimum Gasteiger partial charge on any atom is -0.477 e. The van der Waals surface area contributed by atoms with Crippen LogP contribution in [0.25, 0.3) is 0 Å². The SMILES string of the molecule is CC(=C(C(=O)O)C(=O)O)C(C)C.